The van der Waals surface area contributed by atoms with E-state index in [9.17, 15) is 0 Å². The summed E-state index contributed by atoms with van der Waals surface area (Å²) in [4.78, 5) is 7.75. The van der Waals surface area contributed by atoms with Gasteiger partial charge >= 0.3 is 0 Å². The Kier molecular flexibility index (Phi) is 1.19. The molecule has 0 saturated heterocycles. The summed E-state index contributed by atoms with van der Waals surface area (Å²) >= 11 is 2.14. The molecule has 6 heavy (non-hydrogen) atoms. The Labute approximate surface area is 49.5 Å². The lowest BCUT2D eigenvalue weighted by Crippen LogP contribution is -1.74. The predicted molar refractivity (Wildman–Crippen MR) is 34.8 cm³/mol. The van der Waals surface area contributed by atoms with Crippen molar-refractivity contribution in [2.24, 2.45) is 9.98 Å². The van der Waals surface area contributed by atoms with Crippen molar-refractivity contribution in [2.45, 2.75) is 4.17 Å². The van der Waals surface area contributed by atoms with Gasteiger partial charge in [0.1, 0.15) is 0 Å². The number of hydrogen-bond donors (Lipinski definition) is 0. The SMILES string of the molecule is IC1N=CC=N1. The van der Waals surface area contributed by atoms with Crippen LogP contribution in [-0.4, -0.2) is 16.6 Å². The quantitative estimate of drug-likeness (QED) is 0.310. The normalized spacial score (nSPS) is 20.2. The molecule has 0 radical (unpaired) electrons. The number of nitrogens with zero attached hydrogens (tertiary/aromatic N) is 2. The van der Waals surface area contributed by atoms with Gasteiger partial charge in [-0.05, 0) is 22.6 Å². The van der Waals surface area contributed by atoms with Gasteiger partial charge in [0, 0.05) is 12.4 Å². The fourth-order valence-electron chi connectivity index (χ4n) is 0.258. The molecule has 0 aliphatic carbocycles. The highest BCUT2D eigenvalue weighted by atomic mass is 127. The minimum Gasteiger partial charge on any atom is -0.255 e. The van der Waals surface area contributed by atoms with Crippen LogP contribution in [0.15, 0.2) is 9.98 Å². The molecule has 0 saturated carbocycles. The number of alkyl halides is 1. The first-order valence-corrected chi connectivity index (χ1v) is 2.83. The molecule has 1 aliphatic heterocycles. The van der Waals surface area contributed by atoms with Gasteiger partial charge in [-0.15, -0.1) is 0 Å². The van der Waals surface area contributed by atoms with E-state index in [4.69, 9.17) is 0 Å². The highest BCUT2D eigenvalue weighted by Gasteiger charge is 1.93. The first kappa shape index (κ1) is 4.23. The van der Waals surface area contributed by atoms with Crippen LogP contribution in [0.3, 0.4) is 0 Å². The van der Waals surface area contributed by atoms with Crippen molar-refractivity contribution in [3.8, 4) is 0 Å². The van der Waals surface area contributed by atoms with E-state index in [0.29, 0.717) is 0 Å². The molecule has 0 aromatic carbocycles. The standard InChI is InChI=1S/C3H3IN2/c4-3-5-1-2-6-3/h1-3H. The van der Waals surface area contributed by atoms with Crippen LogP contribution in [0.1, 0.15) is 0 Å². The zero-order valence-corrected chi connectivity index (χ0v) is 5.16. The number of rotatable bonds is 0. The first-order chi connectivity index (χ1) is 2.89. The summed E-state index contributed by atoms with van der Waals surface area (Å²) in [6, 6.07) is 0. The van der Waals surface area contributed by atoms with E-state index in [1.54, 1.807) is 12.4 Å². The Bertz CT molecular complexity index is 85.0. The minimum atomic E-state index is 0.155. The Morgan fingerprint density at radius 3 is 2.00 bits per heavy atom. The van der Waals surface area contributed by atoms with Crippen molar-refractivity contribution in [3.05, 3.63) is 0 Å². The topological polar surface area (TPSA) is 24.7 Å². The van der Waals surface area contributed by atoms with E-state index in [-0.39, 0.29) is 4.17 Å². The summed E-state index contributed by atoms with van der Waals surface area (Å²) in [5.74, 6) is 0. The largest absolute Gasteiger partial charge is 0.255 e. The Hall–Kier alpha value is 0.0700. The van der Waals surface area contributed by atoms with Crippen molar-refractivity contribution in [2.75, 3.05) is 0 Å². The molecule has 0 aromatic rings. The maximum Gasteiger partial charge on any atom is 0.190 e. The van der Waals surface area contributed by atoms with Crippen LogP contribution in [-0.2, 0) is 0 Å². The zero-order valence-electron chi connectivity index (χ0n) is 3.00. The van der Waals surface area contributed by atoms with Gasteiger partial charge in [-0.3, -0.25) is 9.98 Å². The average molecular weight is 194 g/mol. The highest BCUT2D eigenvalue weighted by Crippen LogP contribution is 2.03. The molecule has 32 valence electrons. The van der Waals surface area contributed by atoms with Gasteiger partial charge in [-0.2, -0.15) is 0 Å². The van der Waals surface area contributed by atoms with Crippen LogP contribution < -0.4 is 0 Å². The fraction of sp³-hybridized carbons (Fsp3) is 0.333. The molecule has 1 rings (SSSR count). The summed E-state index contributed by atoms with van der Waals surface area (Å²) in [6.45, 7) is 0. The van der Waals surface area contributed by atoms with Crippen LogP contribution in [0.4, 0.5) is 0 Å². The van der Waals surface area contributed by atoms with E-state index in [1.165, 1.54) is 0 Å². The lowest BCUT2D eigenvalue weighted by Gasteiger charge is -1.81. The van der Waals surface area contributed by atoms with E-state index in [2.05, 4.69) is 32.6 Å². The molecule has 0 fully saturated rings. The lowest BCUT2D eigenvalue weighted by atomic mass is 10.9. The maximum atomic E-state index is 3.88. The smallest absolute Gasteiger partial charge is 0.190 e. The molecule has 3 heteroatoms. The summed E-state index contributed by atoms with van der Waals surface area (Å²) in [7, 11) is 0. The number of aliphatic imine (C=N–C) groups is 2. The van der Waals surface area contributed by atoms with Crippen molar-refractivity contribution in [1.29, 1.82) is 0 Å². The summed E-state index contributed by atoms with van der Waals surface area (Å²) in [5, 5.41) is 0. The van der Waals surface area contributed by atoms with Gasteiger partial charge in [0.05, 0.1) is 0 Å². The third kappa shape index (κ3) is 0.767. The van der Waals surface area contributed by atoms with E-state index < -0.39 is 0 Å². The second kappa shape index (κ2) is 1.68. The van der Waals surface area contributed by atoms with E-state index in [0.717, 1.165) is 0 Å². The van der Waals surface area contributed by atoms with Gasteiger partial charge in [0.15, 0.2) is 4.17 Å². The van der Waals surface area contributed by atoms with Crippen molar-refractivity contribution >= 4 is 35.0 Å². The summed E-state index contributed by atoms with van der Waals surface area (Å²) < 4.78 is 0.155. The molecule has 0 spiro atoms. The molecule has 0 unspecified atom stereocenters. The van der Waals surface area contributed by atoms with Crippen LogP contribution >= 0.6 is 22.6 Å². The molecule has 0 N–H and O–H groups in total. The summed E-state index contributed by atoms with van der Waals surface area (Å²) in [6.07, 6.45) is 3.41. The van der Waals surface area contributed by atoms with E-state index >= 15 is 0 Å². The Morgan fingerprint density at radius 2 is 1.83 bits per heavy atom. The molecule has 2 nitrogen and oxygen atoms in total. The lowest BCUT2D eigenvalue weighted by molar-refractivity contribution is 1.07. The van der Waals surface area contributed by atoms with Gasteiger partial charge in [-0.25, -0.2) is 0 Å². The molecule has 0 aromatic heterocycles. The fourth-order valence-corrected chi connectivity index (χ4v) is 0.629. The predicted octanol–water partition coefficient (Wildman–Crippen LogP) is 0.860. The molecule has 0 bridgehead atoms. The van der Waals surface area contributed by atoms with Crippen LogP contribution in [0.25, 0.3) is 0 Å². The minimum absolute atomic E-state index is 0.155. The van der Waals surface area contributed by atoms with Gasteiger partial charge in [0.25, 0.3) is 0 Å². The van der Waals surface area contributed by atoms with Crippen LogP contribution in [0.5, 0.6) is 0 Å². The molecular formula is C3H3IN2. The number of halogens is 1. The molecule has 1 heterocycles. The summed E-state index contributed by atoms with van der Waals surface area (Å²) in [5.41, 5.74) is 0. The van der Waals surface area contributed by atoms with Gasteiger partial charge in [0.2, 0.25) is 0 Å². The van der Waals surface area contributed by atoms with Crippen molar-refractivity contribution in [1.82, 2.24) is 0 Å². The third-order valence-electron chi connectivity index (χ3n) is 0.485. The Balaban J connectivity index is 2.60. The molecule has 0 atom stereocenters. The van der Waals surface area contributed by atoms with Gasteiger partial charge in [-0.1, -0.05) is 0 Å². The van der Waals surface area contributed by atoms with Crippen molar-refractivity contribution < 1.29 is 0 Å². The third-order valence-corrected chi connectivity index (χ3v) is 1.13. The zero-order chi connectivity index (χ0) is 4.41. The van der Waals surface area contributed by atoms with E-state index in [1.807, 2.05) is 0 Å². The van der Waals surface area contributed by atoms with Crippen molar-refractivity contribution in [3.63, 3.8) is 0 Å². The van der Waals surface area contributed by atoms with Crippen LogP contribution in [0.2, 0.25) is 0 Å². The maximum absolute atomic E-state index is 3.88. The Morgan fingerprint density at radius 1 is 1.33 bits per heavy atom. The van der Waals surface area contributed by atoms with Gasteiger partial charge < -0.3 is 0 Å². The first-order valence-electron chi connectivity index (χ1n) is 1.58. The van der Waals surface area contributed by atoms with Crippen LogP contribution in [0, 0.1) is 0 Å². The second-order valence-electron chi connectivity index (χ2n) is 0.907. The molecular weight excluding hydrogens is 191 g/mol. The monoisotopic (exact) mass is 194 g/mol. The average Bonchev–Trinajstić information content (AvgIpc) is 1.86. The molecule has 0 amide bonds. The highest BCUT2D eigenvalue weighted by molar-refractivity contribution is 14.1. The molecule has 1 aliphatic rings. The second-order valence-corrected chi connectivity index (χ2v) is 2.02. The number of hydrogen-bond acceptors (Lipinski definition) is 2.